The predicted octanol–water partition coefficient (Wildman–Crippen LogP) is 1.76. The average molecular weight is 250 g/mol. The van der Waals surface area contributed by atoms with Gasteiger partial charge in [-0.2, -0.15) is 5.26 Å². The Labute approximate surface area is 105 Å². The highest BCUT2D eigenvalue weighted by atomic mass is 19.1. The third kappa shape index (κ3) is 2.05. The van der Waals surface area contributed by atoms with Gasteiger partial charge in [0.05, 0.1) is 31.9 Å². The number of nitrogens with two attached hydrogens (primary N) is 1. The predicted molar refractivity (Wildman–Crippen MR) is 63.4 cm³/mol. The number of hydrogen-bond donors (Lipinski definition) is 1. The summed E-state index contributed by atoms with van der Waals surface area (Å²) >= 11 is 0. The first-order valence-corrected chi connectivity index (χ1v) is 5.80. The van der Waals surface area contributed by atoms with Gasteiger partial charge in [-0.3, -0.25) is 0 Å². The van der Waals surface area contributed by atoms with E-state index in [-0.39, 0.29) is 5.75 Å². The lowest BCUT2D eigenvalue weighted by atomic mass is 9.77. The van der Waals surface area contributed by atoms with Crippen molar-refractivity contribution >= 4 is 0 Å². The number of halogens is 1. The van der Waals surface area contributed by atoms with E-state index in [0.29, 0.717) is 25.4 Å². The number of ether oxygens (including phenoxy) is 2. The second-order valence-electron chi connectivity index (χ2n) is 4.36. The number of benzene rings is 1. The average Bonchev–Trinajstić information content (AvgIpc) is 2.31. The van der Waals surface area contributed by atoms with E-state index in [1.54, 1.807) is 19.1 Å². The van der Waals surface area contributed by atoms with Gasteiger partial charge in [0.1, 0.15) is 5.41 Å². The molecule has 1 aromatic carbocycles. The van der Waals surface area contributed by atoms with Crippen molar-refractivity contribution in [3.05, 3.63) is 29.6 Å². The molecule has 1 fully saturated rings. The Kier molecular flexibility index (Phi) is 3.50. The Morgan fingerprint density at radius 1 is 1.61 bits per heavy atom. The molecule has 0 spiro atoms. The second kappa shape index (κ2) is 4.92. The number of nitrogens with zero attached hydrogens (tertiary/aromatic N) is 1. The van der Waals surface area contributed by atoms with Crippen molar-refractivity contribution in [3.63, 3.8) is 0 Å². The molecule has 0 bridgehead atoms. The smallest absolute Gasteiger partial charge is 0.165 e. The van der Waals surface area contributed by atoms with Gasteiger partial charge in [-0.15, -0.1) is 0 Å². The van der Waals surface area contributed by atoms with Gasteiger partial charge in [0.25, 0.3) is 0 Å². The van der Waals surface area contributed by atoms with Crippen molar-refractivity contribution in [2.24, 2.45) is 11.1 Å². The molecule has 1 aliphatic heterocycles. The van der Waals surface area contributed by atoms with Crippen LogP contribution in [-0.2, 0) is 4.74 Å². The first kappa shape index (κ1) is 12.8. The fourth-order valence-electron chi connectivity index (χ4n) is 1.94. The molecule has 1 heterocycles. The zero-order chi connectivity index (χ0) is 13.2. The molecule has 1 aliphatic rings. The summed E-state index contributed by atoms with van der Waals surface area (Å²) in [4.78, 5) is 0. The molecule has 1 saturated heterocycles. The molecule has 0 radical (unpaired) electrons. The SMILES string of the molecule is CCOc1ccc(C(N)C2(C#N)COC2)cc1F. The fourth-order valence-corrected chi connectivity index (χ4v) is 1.94. The maximum absolute atomic E-state index is 13.7. The lowest BCUT2D eigenvalue weighted by Gasteiger charge is -2.39. The summed E-state index contributed by atoms with van der Waals surface area (Å²) in [5.41, 5.74) is 5.88. The van der Waals surface area contributed by atoms with Gasteiger partial charge in [-0.1, -0.05) is 6.07 Å². The Morgan fingerprint density at radius 2 is 2.33 bits per heavy atom. The summed E-state index contributed by atoms with van der Waals surface area (Å²) < 4.78 is 23.9. The summed E-state index contributed by atoms with van der Waals surface area (Å²) in [6, 6.07) is 6.17. The molecule has 0 amide bonds. The van der Waals surface area contributed by atoms with Crippen LogP contribution in [0.4, 0.5) is 4.39 Å². The van der Waals surface area contributed by atoms with Crippen molar-refractivity contribution in [2.75, 3.05) is 19.8 Å². The molecule has 18 heavy (non-hydrogen) atoms. The van der Waals surface area contributed by atoms with Gasteiger partial charge < -0.3 is 15.2 Å². The number of nitriles is 1. The van der Waals surface area contributed by atoms with Crippen LogP contribution in [0, 0.1) is 22.6 Å². The van der Waals surface area contributed by atoms with Crippen LogP contribution in [0.25, 0.3) is 0 Å². The maximum Gasteiger partial charge on any atom is 0.165 e. The highest BCUT2D eigenvalue weighted by Crippen LogP contribution is 2.39. The topological polar surface area (TPSA) is 68.3 Å². The molecule has 1 atom stereocenters. The minimum atomic E-state index is -0.737. The lowest BCUT2D eigenvalue weighted by molar-refractivity contribution is -0.0911. The molecule has 1 unspecified atom stereocenters. The summed E-state index contributed by atoms with van der Waals surface area (Å²) in [5, 5.41) is 9.15. The Hall–Kier alpha value is -1.64. The van der Waals surface area contributed by atoms with E-state index in [9.17, 15) is 4.39 Å². The Bertz CT molecular complexity index is 480. The summed E-state index contributed by atoms with van der Waals surface area (Å²) in [6.07, 6.45) is 0. The van der Waals surface area contributed by atoms with Crippen LogP contribution in [0.15, 0.2) is 18.2 Å². The molecule has 2 N–H and O–H groups in total. The van der Waals surface area contributed by atoms with Crippen LogP contribution < -0.4 is 10.5 Å². The third-order valence-corrected chi connectivity index (χ3v) is 3.15. The van der Waals surface area contributed by atoms with E-state index in [2.05, 4.69) is 6.07 Å². The Balaban J connectivity index is 2.24. The molecule has 0 aliphatic carbocycles. The van der Waals surface area contributed by atoms with Gasteiger partial charge in [-0.05, 0) is 24.6 Å². The number of rotatable bonds is 4. The van der Waals surface area contributed by atoms with Gasteiger partial charge in [-0.25, -0.2) is 4.39 Å². The summed E-state index contributed by atoms with van der Waals surface area (Å²) in [5.74, 6) is -0.262. The van der Waals surface area contributed by atoms with E-state index in [1.807, 2.05) is 0 Å². The molecule has 1 aromatic rings. The minimum Gasteiger partial charge on any atom is -0.491 e. The molecule has 2 rings (SSSR count). The zero-order valence-electron chi connectivity index (χ0n) is 10.1. The maximum atomic E-state index is 13.7. The molecular formula is C13H15FN2O2. The molecular weight excluding hydrogens is 235 g/mol. The summed E-state index contributed by atoms with van der Waals surface area (Å²) in [6.45, 7) is 2.77. The van der Waals surface area contributed by atoms with E-state index >= 15 is 0 Å². The third-order valence-electron chi connectivity index (χ3n) is 3.15. The molecule has 5 heteroatoms. The van der Waals surface area contributed by atoms with Crippen LogP contribution in [0.1, 0.15) is 18.5 Å². The van der Waals surface area contributed by atoms with Crippen LogP contribution in [0.2, 0.25) is 0 Å². The zero-order valence-corrected chi connectivity index (χ0v) is 10.1. The first-order valence-electron chi connectivity index (χ1n) is 5.80. The van der Waals surface area contributed by atoms with Crippen LogP contribution in [0.5, 0.6) is 5.75 Å². The molecule has 0 aromatic heterocycles. The van der Waals surface area contributed by atoms with E-state index in [1.165, 1.54) is 6.07 Å². The Morgan fingerprint density at radius 3 is 2.78 bits per heavy atom. The van der Waals surface area contributed by atoms with E-state index in [0.717, 1.165) is 0 Å². The first-order chi connectivity index (χ1) is 8.63. The van der Waals surface area contributed by atoms with Gasteiger partial charge >= 0.3 is 0 Å². The molecule has 4 nitrogen and oxygen atoms in total. The largest absolute Gasteiger partial charge is 0.491 e. The van der Waals surface area contributed by atoms with Crippen LogP contribution >= 0.6 is 0 Å². The van der Waals surface area contributed by atoms with E-state index in [4.69, 9.17) is 20.5 Å². The van der Waals surface area contributed by atoms with Crippen LogP contribution in [0.3, 0.4) is 0 Å². The molecule has 96 valence electrons. The highest BCUT2D eigenvalue weighted by molar-refractivity contribution is 5.33. The highest BCUT2D eigenvalue weighted by Gasteiger charge is 2.45. The molecule has 0 saturated carbocycles. The van der Waals surface area contributed by atoms with Crippen molar-refractivity contribution in [2.45, 2.75) is 13.0 Å². The van der Waals surface area contributed by atoms with Gasteiger partial charge in [0.15, 0.2) is 11.6 Å². The number of hydrogen-bond acceptors (Lipinski definition) is 4. The van der Waals surface area contributed by atoms with Crippen molar-refractivity contribution in [3.8, 4) is 11.8 Å². The fraction of sp³-hybridized carbons (Fsp3) is 0.462. The van der Waals surface area contributed by atoms with Crippen LogP contribution in [-0.4, -0.2) is 19.8 Å². The minimum absolute atomic E-state index is 0.198. The van der Waals surface area contributed by atoms with Crippen molar-refractivity contribution in [1.82, 2.24) is 0 Å². The summed E-state index contributed by atoms with van der Waals surface area (Å²) in [7, 11) is 0. The van der Waals surface area contributed by atoms with Gasteiger partial charge in [0, 0.05) is 0 Å². The normalized spacial score (nSPS) is 18.6. The van der Waals surface area contributed by atoms with Crippen molar-refractivity contribution < 1.29 is 13.9 Å². The van der Waals surface area contributed by atoms with E-state index < -0.39 is 17.3 Å². The lowest BCUT2D eigenvalue weighted by Crippen LogP contribution is -2.49. The second-order valence-corrected chi connectivity index (χ2v) is 4.36. The standard InChI is InChI=1S/C13H15FN2O2/c1-2-18-11-4-3-9(5-10(11)14)12(16)13(6-15)7-17-8-13/h3-5,12H,2,7-8,16H2,1H3. The monoisotopic (exact) mass is 250 g/mol. The van der Waals surface area contributed by atoms with Crippen molar-refractivity contribution in [1.29, 1.82) is 5.26 Å². The van der Waals surface area contributed by atoms with Gasteiger partial charge in [0.2, 0.25) is 0 Å². The quantitative estimate of drug-likeness (QED) is 0.884.